The SMILES string of the molecule is Brc1ccc(N(c2ccc(Br)cc2)c2ccc(-c3nc4ccc(OCCCCCCCCCCc5ccc(N(c6ccccc6)c6ccccc6)cc5)cc4s3)cc2)cc1. The van der Waals surface area contributed by atoms with Gasteiger partial charge in [0.05, 0.1) is 16.8 Å². The van der Waals surface area contributed by atoms with Crippen LogP contribution in [0, 0.1) is 0 Å². The smallest absolute Gasteiger partial charge is 0.124 e. The van der Waals surface area contributed by atoms with Crippen LogP contribution >= 0.6 is 43.2 Å². The Bertz CT molecular complexity index is 2440. The molecule has 0 radical (unpaired) electrons. The van der Waals surface area contributed by atoms with Gasteiger partial charge in [-0.3, -0.25) is 0 Å². The number of unbranched alkanes of at least 4 members (excludes halogenated alkanes) is 7. The zero-order valence-corrected chi connectivity index (χ0v) is 37.7. The molecule has 0 atom stereocenters. The number of ether oxygens (including phenoxy) is 1. The van der Waals surface area contributed by atoms with E-state index in [4.69, 9.17) is 9.72 Å². The number of halogens is 2. The Labute approximate surface area is 375 Å². The Hall–Kier alpha value is -5.21. The van der Waals surface area contributed by atoms with E-state index in [0.717, 1.165) is 72.0 Å². The topological polar surface area (TPSA) is 28.6 Å². The summed E-state index contributed by atoms with van der Waals surface area (Å²) in [6.07, 6.45) is 11.1. The van der Waals surface area contributed by atoms with Crippen LogP contribution in [0.4, 0.5) is 34.1 Å². The maximum Gasteiger partial charge on any atom is 0.124 e. The highest BCUT2D eigenvalue weighted by Gasteiger charge is 2.15. The van der Waals surface area contributed by atoms with Crippen LogP contribution in [0.3, 0.4) is 0 Å². The minimum atomic E-state index is 0.749. The van der Waals surface area contributed by atoms with Crippen LogP contribution in [0.25, 0.3) is 20.8 Å². The molecule has 1 aromatic heterocycles. The molecule has 0 bridgehead atoms. The summed E-state index contributed by atoms with van der Waals surface area (Å²) in [5.41, 5.74) is 10.3. The van der Waals surface area contributed by atoms with Crippen molar-refractivity contribution in [2.75, 3.05) is 16.4 Å². The number of rotatable bonds is 19. The van der Waals surface area contributed by atoms with Crippen LogP contribution in [0.15, 0.2) is 185 Å². The number of anilines is 6. The van der Waals surface area contributed by atoms with E-state index in [-0.39, 0.29) is 0 Å². The van der Waals surface area contributed by atoms with E-state index < -0.39 is 0 Å². The van der Waals surface area contributed by atoms with Crippen LogP contribution in [-0.4, -0.2) is 11.6 Å². The molecule has 1 heterocycles. The molecule has 0 fully saturated rings. The summed E-state index contributed by atoms with van der Waals surface area (Å²) in [6, 6.07) is 62.1. The number of thiazole rings is 1. The molecule has 0 aliphatic rings. The average Bonchev–Trinajstić information content (AvgIpc) is 3.72. The van der Waals surface area contributed by atoms with Crippen LogP contribution in [-0.2, 0) is 6.42 Å². The molecule has 0 unspecified atom stereocenters. The van der Waals surface area contributed by atoms with Crippen molar-refractivity contribution in [3.8, 4) is 16.3 Å². The van der Waals surface area contributed by atoms with Gasteiger partial charge in [-0.1, -0.05) is 119 Å². The van der Waals surface area contributed by atoms with Gasteiger partial charge in [-0.25, -0.2) is 4.98 Å². The molecule has 60 heavy (non-hydrogen) atoms. The van der Waals surface area contributed by atoms with Crippen molar-refractivity contribution in [1.82, 2.24) is 4.98 Å². The first kappa shape index (κ1) is 41.5. The third-order valence-corrected chi connectivity index (χ3v) is 12.9. The van der Waals surface area contributed by atoms with Gasteiger partial charge in [-0.2, -0.15) is 0 Å². The lowest BCUT2D eigenvalue weighted by molar-refractivity contribution is 0.304. The Morgan fingerprint density at radius 2 is 0.900 bits per heavy atom. The van der Waals surface area contributed by atoms with Crippen molar-refractivity contribution in [3.63, 3.8) is 0 Å². The first-order chi connectivity index (χ1) is 29.6. The van der Waals surface area contributed by atoms with E-state index in [9.17, 15) is 0 Å². The highest BCUT2D eigenvalue weighted by Crippen LogP contribution is 2.39. The quantitative estimate of drug-likeness (QED) is 0.0756. The molecule has 7 heteroatoms. The molecular weight excluding hydrogens is 886 g/mol. The van der Waals surface area contributed by atoms with Gasteiger partial charge in [0, 0.05) is 48.6 Å². The standard InChI is InChI=1S/C53H49Br2N3OS/c54-42-24-32-48(33-25-42)58(49-34-26-43(55)27-35-49)47-30-22-41(23-31-47)53-56-51-37-36-50(39-52(51)60-53)59-38-14-6-4-2-1-3-5-9-15-40-20-28-46(29-21-40)57(44-16-10-7-11-17-44)45-18-12-8-13-19-45/h7-8,10-13,16-37,39H,1-6,9,14-15,38H2. The minimum Gasteiger partial charge on any atom is -0.494 e. The summed E-state index contributed by atoms with van der Waals surface area (Å²) < 4.78 is 9.46. The van der Waals surface area contributed by atoms with Crippen molar-refractivity contribution >= 4 is 87.5 Å². The summed E-state index contributed by atoms with van der Waals surface area (Å²) in [7, 11) is 0. The van der Waals surface area contributed by atoms with E-state index in [0.29, 0.717) is 0 Å². The van der Waals surface area contributed by atoms with E-state index in [1.54, 1.807) is 11.3 Å². The Morgan fingerprint density at radius 3 is 1.43 bits per heavy atom. The second-order valence-electron chi connectivity index (χ2n) is 15.1. The fourth-order valence-corrected chi connectivity index (χ4v) is 9.12. The van der Waals surface area contributed by atoms with E-state index in [1.807, 2.05) is 0 Å². The lowest BCUT2D eigenvalue weighted by atomic mass is 10.0. The summed E-state index contributed by atoms with van der Waals surface area (Å²) in [4.78, 5) is 9.56. The van der Waals surface area contributed by atoms with Gasteiger partial charge in [0.2, 0.25) is 0 Å². The fourth-order valence-electron chi connectivity index (χ4n) is 7.59. The second kappa shape index (κ2) is 20.9. The minimum absolute atomic E-state index is 0.749. The van der Waals surface area contributed by atoms with Crippen molar-refractivity contribution < 1.29 is 4.74 Å². The average molecular weight is 936 g/mol. The number of benzene rings is 7. The summed E-state index contributed by atoms with van der Waals surface area (Å²) in [5, 5.41) is 1.01. The largest absolute Gasteiger partial charge is 0.494 e. The normalized spacial score (nSPS) is 11.2. The molecule has 0 N–H and O–H groups in total. The first-order valence-corrected chi connectivity index (χ1v) is 23.4. The Morgan fingerprint density at radius 1 is 0.450 bits per heavy atom. The van der Waals surface area contributed by atoms with Gasteiger partial charge in [0.1, 0.15) is 10.8 Å². The van der Waals surface area contributed by atoms with E-state index in [1.165, 1.54) is 67.6 Å². The first-order valence-electron chi connectivity index (χ1n) is 21.0. The molecule has 0 amide bonds. The fraction of sp³-hybridized carbons (Fsp3) is 0.189. The number of aromatic nitrogens is 1. The van der Waals surface area contributed by atoms with Gasteiger partial charge in [-0.05, 0) is 152 Å². The van der Waals surface area contributed by atoms with Gasteiger partial charge in [-0.15, -0.1) is 11.3 Å². The van der Waals surface area contributed by atoms with E-state index in [2.05, 4.69) is 218 Å². The monoisotopic (exact) mass is 933 g/mol. The molecule has 0 spiro atoms. The number of aryl methyl sites for hydroxylation is 1. The number of para-hydroxylation sites is 2. The third kappa shape index (κ3) is 10.9. The summed E-state index contributed by atoms with van der Waals surface area (Å²) in [6.45, 7) is 0.749. The maximum absolute atomic E-state index is 6.20. The summed E-state index contributed by atoms with van der Waals surface area (Å²) in [5.74, 6) is 0.923. The van der Waals surface area contributed by atoms with Crippen LogP contribution in [0.2, 0.25) is 0 Å². The molecule has 4 nitrogen and oxygen atoms in total. The Kier molecular flexibility index (Phi) is 14.4. The lowest BCUT2D eigenvalue weighted by Crippen LogP contribution is -2.09. The van der Waals surface area contributed by atoms with Gasteiger partial charge in [0.15, 0.2) is 0 Å². The van der Waals surface area contributed by atoms with Crippen molar-refractivity contribution in [3.05, 3.63) is 190 Å². The predicted octanol–water partition coefficient (Wildman–Crippen LogP) is 17.2. The van der Waals surface area contributed by atoms with Crippen LogP contribution in [0.5, 0.6) is 5.75 Å². The summed E-state index contributed by atoms with van der Waals surface area (Å²) >= 11 is 8.87. The maximum atomic E-state index is 6.20. The molecule has 8 rings (SSSR count). The van der Waals surface area contributed by atoms with Crippen molar-refractivity contribution in [1.29, 1.82) is 0 Å². The van der Waals surface area contributed by atoms with Gasteiger partial charge in [0.25, 0.3) is 0 Å². The molecule has 0 saturated heterocycles. The van der Waals surface area contributed by atoms with Gasteiger partial charge >= 0.3 is 0 Å². The van der Waals surface area contributed by atoms with Crippen molar-refractivity contribution in [2.24, 2.45) is 0 Å². The molecule has 7 aromatic carbocycles. The zero-order valence-electron chi connectivity index (χ0n) is 33.7. The number of fused-ring (bicyclic) bond motifs is 1. The Balaban J connectivity index is 0.744. The van der Waals surface area contributed by atoms with Crippen LogP contribution < -0.4 is 14.5 Å². The zero-order chi connectivity index (χ0) is 40.9. The molecule has 8 aromatic rings. The predicted molar refractivity (Wildman–Crippen MR) is 262 cm³/mol. The lowest BCUT2D eigenvalue weighted by Gasteiger charge is -2.25. The number of hydrogen-bond donors (Lipinski definition) is 0. The number of nitrogens with zero attached hydrogens (tertiary/aromatic N) is 3. The highest BCUT2D eigenvalue weighted by molar-refractivity contribution is 9.10. The van der Waals surface area contributed by atoms with E-state index >= 15 is 0 Å². The molecule has 302 valence electrons. The molecule has 0 aliphatic heterocycles. The molecule has 0 aliphatic carbocycles. The van der Waals surface area contributed by atoms with Gasteiger partial charge < -0.3 is 14.5 Å². The number of hydrogen-bond acceptors (Lipinski definition) is 5. The molecular formula is C53H49Br2N3OS. The second-order valence-corrected chi connectivity index (χ2v) is 17.9. The third-order valence-electron chi connectivity index (χ3n) is 10.8. The molecule has 0 saturated carbocycles. The van der Waals surface area contributed by atoms with Crippen molar-refractivity contribution in [2.45, 2.75) is 57.8 Å². The van der Waals surface area contributed by atoms with Crippen LogP contribution in [0.1, 0.15) is 56.9 Å². The highest BCUT2D eigenvalue weighted by atomic mass is 79.9.